The van der Waals surface area contributed by atoms with Crippen molar-refractivity contribution in [2.45, 2.75) is 20.8 Å². The Balaban J connectivity index is 4.89. The molecule has 0 saturated carbocycles. The molecule has 0 atom stereocenters. The molecule has 0 fully saturated rings. The summed E-state index contributed by atoms with van der Waals surface area (Å²) in [5.41, 5.74) is 6.65. The molecule has 0 aromatic heterocycles. The second-order valence-electron chi connectivity index (χ2n) is 3.13. The highest BCUT2D eigenvalue weighted by molar-refractivity contribution is 5.31. The number of hydrogen-bond donors (Lipinski definition) is 1. The Morgan fingerprint density at radius 3 is 2.38 bits per heavy atom. The molecule has 0 aliphatic heterocycles. The second-order valence-corrected chi connectivity index (χ2v) is 3.13. The minimum atomic E-state index is 0.372. The Bertz CT molecular complexity index is 239. The molecular formula is C10H18N2O. The molecule has 2 N–H and O–H groups in total. The zero-order chi connectivity index (χ0) is 10.4. The lowest BCUT2D eigenvalue weighted by atomic mass is 10.0. The van der Waals surface area contributed by atoms with Crippen molar-refractivity contribution in [1.29, 1.82) is 0 Å². The summed E-state index contributed by atoms with van der Waals surface area (Å²) >= 11 is 0. The Labute approximate surface area is 80.0 Å². The molecule has 0 radical (unpaired) electrons. The second kappa shape index (κ2) is 5.41. The van der Waals surface area contributed by atoms with Gasteiger partial charge in [0.15, 0.2) is 0 Å². The fourth-order valence-electron chi connectivity index (χ4n) is 0.798. The molecule has 0 unspecified atom stereocenters. The van der Waals surface area contributed by atoms with Crippen molar-refractivity contribution >= 4 is 6.72 Å². The Morgan fingerprint density at radius 1 is 1.54 bits per heavy atom. The summed E-state index contributed by atoms with van der Waals surface area (Å²) in [5.74, 6) is 1.57. The normalized spacial score (nSPS) is 14.1. The average Bonchev–Trinajstić information content (AvgIpc) is 2.12. The van der Waals surface area contributed by atoms with E-state index in [0.717, 1.165) is 11.3 Å². The lowest BCUT2D eigenvalue weighted by Gasteiger charge is -2.10. The molecule has 0 aliphatic rings. The molecule has 0 spiro atoms. The SMILES string of the molecule is C=N/C(N)=C\C(OC)=C(/C)C(C)C. The van der Waals surface area contributed by atoms with Gasteiger partial charge in [-0.05, 0) is 25.1 Å². The van der Waals surface area contributed by atoms with Crippen molar-refractivity contribution in [3.63, 3.8) is 0 Å². The van der Waals surface area contributed by atoms with E-state index in [9.17, 15) is 0 Å². The number of aliphatic imine (C=N–C) groups is 1. The van der Waals surface area contributed by atoms with E-state index in [0.29, 0.717) is 11.7 Å². The summed E-state index contributed by atoms with van der Waals surface area (Å²) in [6.07, 6.45) is 1.68. The molecule has 3 nitrogen and oxygen atoms in total. The van der Waals surface area contributed by atoms with Gasteiger partial charge in [0.25, 0.3) is 0 Å². The molecule has 0 amide bonds. The predicted molar refractivity (Wildman–Crippen MR) is 56.4 cm³/mol. The molecule has 0 heterocycles. The van der Waals surface area contributed by atoms with Gasteiger partial charge in [0.2, 0.25) is 0 Å². The average molecular weight is 182 g/mol. The van der Waals surface area contributed by atoms with E-state index in [1.165, 1.54) is 0 Å². The predicted octanol–water partition coefficient (Wildman–Crippen LogP) is 2.06. The molecule has 0 rings (SSSR count). The van der Waals surface area contributed by atoms with Gasteiger partial charge in [-0.3, -0.25) is 0 Å². The van der Waals surface area contributed by atoms with Gasteiger partial charge in [-0.1, -0.05) is 13.8 Å². The Hall–Kier alpha value is -1.25. The van der Waals surface area contributed by atoms with Crippen LogP contribution in [0, 0.1) is 5.92 Å². The van der Waals surface area contributed by atoms with Crippen molar-refractivity contribution in [3.05, 3.63) is 23.2 Å². The molecular weight excluding hydrogens is 164 g/mol. The van der Waals surface area contributed by atoms with Gasteiger partial charge >= 0.3 is 0 Å². The molecule has 0 bridgehead atoms. The van der Waals surface area contributed by atoms with Gasteiger partial charge in [-0.15, -0.1) is 0 Å². The topological polar surface area (TPSA) is 47.6 Å². The summed E-state index contributed by atoms with van der Waals surface area (Å²) < 4.78 is 5.18. The summed E-state index contributed by atoms with van der Waals surface area (Å²) in [4.78, 5) is 3.59. The summed E-state index contributed by atoms with van der Waals surface area (Å²) in [6, 6.07) is 0. The van der Waals surface area contributed by atoms with Crippen molar-refractivity contribution in [2.75, 3.05) is 7.11 Å². The zero-order valence-corrected chi connectivity index (χ0v) is 8.79. The Kier molecular flexibility index (Phi) is 4.89. The molecule has 0 aromatic rings. The largest absolute Gasteiger partial charge is 0.497 e. The van der Waals surface area contributed by atoms with Crippen LogP contribution in [0.1, 0.15) is 20.8 Å². The fraction of sp³-hybridized carbons (Fsp3) is 0.500. The number of ether oxygens (including phenoxy) is 1. The molecule has 0 saturated heterocycles. The third-order valence-corrected chi connectivity index (χ3v) is 1.94. The number of allylic oxidation sites excluding steroid dienone is 2. The quantitative estimate of drug-likeness (QED) is 0.411. The maximum atomic E-state index is 5.51. The van der Waals surface area contributed by atoms with Crippen LogP contribution in [0.4, 0.5) is 0 Å². The van der Waals surface area contributed by atoms with Gasteiger partial charge in [0, 0.05) is 6.08 Å². The molecule has 0 aromatic carbocycles. The molecule has 0 aliphatic carbocycles. The minimum Gasteiger partial charge on any atom is -0.497 e. The van der Waals surface area contributed by atoms with E-state index in [1.807, 2.05) is 6.92 Å². The van der Waals surface area contributed by atoms with Crippen LogP contribution in [0.3, 0.4) is 0 Å². The highest BCUT2D eigenvalue weighted by Gasteiger charge is 2.04. The van der Waals surface area contributed by atoms with E-state index < -0.39 is 0 Å². The third kappa shape index (κ3) is 3.78. The first-order chi connectivity index (χ1) is 6.02. The first-order valence-corrected chi connectivity index (χ1v) is 4.21. The van der Waals surface area contributed by atoms with Gasteiger partial charge in [-0.2, -0.15) is 0 Å². The zero-order valence-electron chi connectivity index (χ0n) is 8.79. The molecule has 3 heteroatoms. The maximum Gasteiger partial charge on any atom is 0.126 e. The van der Waals surface area contributed by atoms with Crippen LogP contribution in [0.15, 0.2) is 28.2 Å². The van der Waals surface area contributed by atoms with Crippen LogP contribution in [-0.2, 0) is 4.74 Å². The highest BCUT2D eigenvalue weighted by Crippen LogP contribution is 2.16. The van der Waals surface area contributed by atoms with Crippen LogP contribution >= 0.6 is 0 Å². The van der Waals surface area contributed by atoms with Crippen LogP contribution in [0.5, 0.6) is 0 Å². The summed E-state index contributed by atoms with van der Waals surface area (Å²) in [7, 11) is 1.62. The first kappa shape index (κ1) is 11.8. The van der Waals surface area contributed by atoms with Crippen LogP contribution in [-0.4, -0.2) is 13.8 Å². The highest BCUT2D eigenvalue weighted by atomic mass is 16.5. The standard InChI is InChI=1S/C10H18N2O/c1-7(2)8(3)9(13-5)6-10(11)12-4/h6-7H,4,11H2,1-3,5H3/b9-8-,10-6-. The Morgan fingerprint density at radius 2 is 2.08 bits per heavy atom. The van der Waals surface area contributed by atoms with Crippen molar-refractivity contribution in [2.24, 2.45) is 16.6 Å². The van der Waals surface area contributed by atoms with Crippen molar-refractivity contribution in [1.82, 2.24) is 0 Å². The van der Waals surface area contributed by atoms with Crippen LogP contribution in [0.2, 0.25) is 0 Å². The van der Waals surface area contributed by atoms with E-state index in [-0.39, 0.29) is 0 Å². The van der Waals surface area contributed by atoms with Gasteiger partial charge in [-0.25, -0.2) is 4.99 Å². The number of hydrogen-bond acceptors (Lipinski definition) is 3. The number of methoxy groups -OCH3 is 1. The summed E-state index contributed by atoms with van der Waals surface area (Å²) in [5, 5.41) is 0. The monoisotopic (exact) mass is 182 g/mol. The van der Waals surface area contributed by atoms with E-state index in [2.05, 4.69) is 25.6 Å². The van der Waals surface area contributed by atoms with Crippen molar-refractivity contribution < 1.29 is 4.74 Å². The van der Waals surface area contributed by atoms with Gasteiger partial charge in [0.05, 0.1) is 7.11 Å². The minimum absolute atomic E-state index is 0.372. The smallest absolute Gasteiger partial charge is 0.126 e. The van der Waals surface area contributed by atoms with E-state index >= 15 is 0 Å². The van der Waals surface area contributed by atoms with Gasteiger partial charge < -0.3 is 10.5 Å². The lowest BCUT2D eigenvalue weighted by Crippen LogP contribution is -2.00. The van der Waals surface area contributed by atoms with Crippen LogP contribution < -0.4 is 5.73 Å². The summed E-state index contributed by atoms with van der Waals surface area (Å²) in [6.45, 7) is 9.53. The van der Waals surface area contributed by atoms with E-state index in [4.69, 9.17) is 10.5 Å². The number of rotatable bonds is 4. The third-order valence-electron chi connectivity index (χ3n) is 1.94. The first-order valence-electron chi connectivity index (χ1n) is 4.21. The number of nitrogens with zero attached hydrogens (tertiary/aromatic N) is 1. The molecule has 74 valence electrons. The fourth-order valence-corrected chi connectivity index (χ4v) is 0.798. The van der Waals surface area contributed by atoms with Gasteiger partial charge in [0.1, 0.15) is 11.6 Å². The molecule has 13 heavy (non-hydrogen) atoms. The lowest BCUT2D eigenvalue weighted by molar-refractivity contribution is 0.297. The van der Waals surface area contributed by atoms with E-state index in [1.54, 1.807) is 13.2 Å². The van der Waals surface area contributed by atoms with Crippen molar-refractivity contribution in [3.8, 4) is 0 Å². The van der Waals surface area contributed by atoms with Crippen LogP contribution in [0.25, 0.3) is 0 Å². The maximum absolute atomic E-state index is 5.51. The number of nitrogens with two attached hydrogens (primary N) is 1.